The van der Waals surface area contributed by atoms with E-state index in [1.54, 1.807) is 4.57 Å². The van der Waals surface area contributed by atoms with Crippen LogP contribution < -0.4 is 11.4 Å². The van der Waals surface area contributed by atoms with Gasteiger partial charge < -0.3 is 9.26 Å². The Hall–Kier alpha value is -2.26. The molecule has 5 heterocycles. The van der Waals surface area contributed by atoms with E-state index in [0.29, 0.717) is 37.6 Å². The summed E-state index contributed by atoms with van der Waals surface area (Å²) < 4.78 is 14.2. The zero-order chi connectivity index (χ0) is 20.7. The maximum absolute atomic E-state index is 12.6. The second kappa shape index (κ2) is 8.11. The molecule has 9 heteroatoms. The van der Waals surface area contributed by atoms with Gasteiger partial charge in [-0.15, -0.1) is 0 Å². The number of aromatic nitrogens is 4. The van der Waals surface area contributed by atoms with E-state index in [9.17, 15) is 9.59 Å². The predicted octanol–water partition coefficient (Wildman–Crippen LogP) is 1.25. The second-order valence-electron chi connectivity index (χ2n) is 8.81. The van der Waals surface area contributed by atoms with Gasteiger partial charge in [0.1, 0.15) is 17.3 Å². The number of piperidine rings is 1. The van der Waals surface area contributed by atoms with Crippen molar-refractivity contribution in [1.29, 1.82) is 0 Å². The van der Waals surface area contributed by atoms with Gasteiger partial charge in [-0.1, -0.05) is 5.16 Å². The van der Waals surface area contributed by atoms with Gasteiger partial charge in [-0.25, -0.2) is 14.2 Å². The molecule has 2 fully saturated rings. The first-order chi connectivity index (χ1) is 14.6. The lowest BCUT2D eigenvalue weighted by atomic mass is 9.99. The molecular formula is C21H29N5O4. The van der Waals surface area contributed by atoms with Gasteiger partial charge in [0, 0.05) is 44.2 Å². The number of aryl methyl sites for hydroxylation is 2. The largest absolute Gasteiger partial charge is 0.372 e. The zero-order valence-electron chi connectivity index (χ0n) is 17.5. The van der Waals surface area contributed by atoms with Crippen LogP contribution in [0.5, 0.6) is 0 Å². The molecule has 9 nitrogen and oxygen atoms in total. The number of hydrogen-bond donors (Lipinski definition) is 0. The van der Waals surface area contributed by atoms with Gasteiger partial charge >= 0.3 is 11.4 Å². The standard InChI is InChI=1S/C21H29N5O4/c1-14-10-15(23-30-14)13-29-18-11-16-5-6-17(12-18)24(16)8-3-9-26-20(27)22-19-4-2-7-25(19)21(26)28/h10,16-18H,2-9,11-13H2,1H3. The van der Waals surface area contributed by atoms with Gasteiger partial charge in [-0.2, -0.15) is 4.98 Å². The SMILES string of the molecule is Cc1cc(COC2CC3CCC(C2)N3CCCn2c(=O)nc3n(c2=O)CCC3)no1. The summed E-state index contributed by atoms with van der Waals surface area (Å²) in [5, 5.41) is 4.00. The number of nitrogens with zero attached hydrogens (tertiary/aromatic N) is 5. The third-order valence-electron chi connectivity index (χ3n) is 6.79. The third kappa shape index (κ3) is 3.76. The highest BCUT2D eigenvalue weighted by Crippen LogP contribution is 2.37. The van der Waals surface area contributed by atoms with E-state index in [1.807, 2.05) is 13.0 Å². The Balaban J connectivity index is 1.15. The Morgan fingerprint density at radius 3 is 2.73 bits per heavy atom. The minimum Gasteiger partial charge on any atom is -0.372 e. The molecule has 3 aliphatic heterocycles. The smallest absolute Gasteiger partial charge is 0.353 e. The van der Waals surface area contributed by atoms with Crippen LogP contribution in [0.25, 0.3) is 0 Å². The first-order valence-electron chi connectivity index (χ1n) is 11.1. The lowest BCUT2D eigenvalue weighted by Gasteiger charge is -2.38. The molecule has 2 saturated heterocycles. The highest BCUT2D eigenvalue weighted by Gasteiger charge is 2.40. The van der Waals surface area contributed by atoms with E-state index in [-0.39, 0.29) is 11.8 Å². The molecule has 0 saturated carbocycles. The van der Waals surface area contributed by atoms with Crippen molar-refractivity contribution in [2.75, 3.05) is 6.54 Å². The average molecular weight is 415 g/mol. The summed E-state index contributed by atoms with van der Waals surface area (Å²) in [6, 6.07) is 2.95. The van der Waals surface area contributed by atoms with Crippen LogP contribution in [0.4, 0.5) is 0 Å². The third-order valence-corrected chi connectivity index (χ3v) is 6.79. The Kier molecular flexibility index (Phi) is 5.32. The predicted molar refractivity (Wildman–Crippen MR) is 108 cm³/mol. The van der Waals surface area contributed by atoms with Gasteiger partial charge in [0.2, 0.25) is 0 Å². The minimum absolute atomic E-state index is 0.194. The molecule has 5 rings (SSSR count). The molecule has 0 aliphatic carbocycles. The summed E-state index contributed by atoms with van der Waals surface area (Å²) >= 11 is 0. The highest BCUT2D eigenvalue weighted by atomic mass is 16.5. The van der Waals surface area contributed by atoms with Crippen LogP contribution in [-0.2, 0) is 30.9 Å². The van der Waals surface area contributed by atoms with E-state index >= 15 is 0 Å². The molecule has 3 aliphatic rings. The summed E-state index contributed by atoms with van der Waals surface area (Å²) in [4.78, 5) is 31.5. The summed E-state index contributed by atoms with van der Waals surface area (Å²) in [5.74, 6) is 1.45. The van der Waals surface area contributed by atoms with Crippen molar-refractivity contribution in [2.45, 2.75) is 89.8 Å². The molecule has 30 heavy (non-hydrogen) atoms. The van der Waals surface area contributed by atoms with Crippen LogP contribution in [0.3, 0.4) is 0 Å². The van der Waals surface area contributed by atoms with Crippen molar-refractivity contribution in [1.82, 2.24) is 24.2 Å². The van der Waals surface area contributed by atoms with Crippen molar-refractivity contribution >= 4 is 0 Å². The molecule has 2 aromatic rings. The Morgan fingerprint density at radius 2 is 2.00 bits per heavy atom. The number of hydrogen-bond acceptors (Lipinski definition) is 7. The number of ether oxygens (including phenoxy) is 1. The van der Waals surface area contributed by atoms with Crippen LogP contribution in [-0.4, -0.2) is 48.9 Å². The lowest BCUT2D eigenvalue weighted by Crippen LogP contribution is -2.46. The van der Waals surface area contributed by atoms with Gasteiger partial charge in [0.15, 0.2) is 0 Å². The van der Waals surface area contributed by atoms with Crippen molar-refractivity contribution in [3.8, 4) is 0 Å². The summed E-state index contributed by atoms with van der Waals surface area (Å²) in [6.07, 6.45) is 7.08. The molecule has 2 unspecified atom stereocenters. The summed E-state index contributed by atoms with van der Waals surface area (Å²) in [7, 11) is 0. The Bertz CT molecular complexity index is 1010. The molecular weight excluding hydrogens is 386 g/mol. The molecule has 0 N–H and O–H groups in total. The quantitative estimate of drug-likeness (QED) is 0.672. The normalized spacial score (nSPS) is 25.7. The van der Waals surface area contributed by atoms with Gasteiger partial charge in [-0.3, -0.25) is 9.47 Å². The van der Waals surface area contributed by atoms with Gasteiger partial charge in [0.25, 0.3) is 0 Å². The van der Waals surface area contributed by atoms with Crippen LogP contribution in [0, 0.1) is 6.92 Å². The molecule has 0 amide bonds. The maximum Gasteiger partial charge on any atom is 0.353 e. The topological polar surface area (TPSA) is 95.4 Å². The molecule has 0 aromatic carbocycles. The molecule has 0 radical (unpaired) electrons. The Morgan fingerprint density at radius 1 is 1.20 bits per heavy atom. The molecule has 162 valence electrons. The van der Waals surface area contributed by atoms with Crippen molar-refractivity contribution < 1.29 is 9.26 Å². The second-order valence-corrected chi connectivity index (χ2v) is 8.81. The first-order valence-corrected chi connectivity index (χ1v) is 11.1. The summed E-state index contributed by atoms with van der Waals surface area (Å²) in [6.45, 7) is 4.40. The van der Waals surface area contributed by atoms with Crippen molar-refractivity contribution in [3.63, 3.8) is 0 Å². The molecule has 2 bridgehead atoms. The van der Waals surface area contributed by atoms with Crippen LogP contribution in [0.2, 0.25) is 0 Å². The lowest BCUT2D eigenvalue weighted by molar-refractivity contribution is -0.0302. The van der Waals surface area contributed by atoms with E-state index < -0.39 is 5.69 Å². The maximum atomic E-state index is 12.6. The van der Waals surface area contributed by atoms with Crippen LogP contribution >= 0.6 is 0 Å². The fraction of sp³-hybridized carbons (Fsp3) is 0.714. The number of fused-ring (bicyclic) bond motifs is 3. The van der Waals surface area contributed by atoms with E-state index in [1.165, 1.54) is 17.4 Å². The minimum atomic E-state index is -0.397. The van der Waals surface area contributed by atoms with E-state index in [0.717, 1.165) is 50.1 Å². The van der Waals surface area contributed by atoms with Crippen molar-refractivity contribution in [3.05, 3.63) is 44.3 Å². The van der Waals surface area contributed by atoms with Crippen LogP contribution in [0.1, 0.15) is 55.8 Å². The molecule has 2 aromatic heterocycles. The molecule has 2 atom stereocenters. The van der Waals surface area contributed by atoms with Gasteiger partial charge in [-0.05, 0) is 45.4 Å². The van der Waals surface area contributed by atoms with E-state index in [4.69, 9.17) is 9.26 Å². The zero-order valence-corrected chi connectivity index (χ0v) is 17.5. The van der Waals surface area contributed by atoms with E-state index in [2.05, 4.69) is 15.0 Å². The van der Waals surface area contributed by atoms with Gasteiger partial charge in [0.05, 0.1) is 12.7 Å². The number of rotatable bonds is 7. The Labute approximate surface area is 174 Å². The molecule has 0 spiro atoms. The summed E-state index contributed by atoms with van der Waals surface area (Å²) in [5.41, 5.74) is 0.258. The fourth-order valence-electron chi connectivity index (χ4n) is 5.40. The van der Waals surface area contributed by atoms with Crippen LogP contribution in [0.15, 0.2) is 20.2 Å². The monoisotopic (exact) mass is 415 g/mol. The highest BCUT2D eigenvalue weighted by molar-refractivity contribution is 5.02. The first kappa shape index (κ1) is 19.7. The average Bonchev–Trinajstić information content (AvgIpc) is 3.41. The van der Waals surface area contributed by atoms with Crippen molar-refractivity contribution in [2.24, 2.45) is 0 Å². The fourth-order valence-corrected chi connectivity index (χ4v) is 5.40.